The highest BCUT2D eigenvalue weighted by molar-refractivity contribution is 6.39. The van der Waals surface area contributed by atoms with Crippen LogP contribution in [0.25, 0.3) is 0 Å². The molecule has 1 aliphatic rings. The van der Waals surface area contributed by atoms with E-state index in [1.54, 1.807) is 0 Å². The van der Waals surface area contributed by atoms with Crippen LogP contribution < -0.4 is 15.5 Å². The molecule has 0 bridgehead atoms. The van der Waals surface area contributed by atoms with Gasteiger partial charge in [-0.3, -0.25) is 9.59 Å². The topological polar surface area (TPSA) is 61.4 Å². The minimum absolute atomic E-state index is 0.537. The molecule has 0 radical (unpaired) electrons. The van der Waals surface area contributed by atoms with E-state index in [1.165, 1.54) is 18.5 Å². The Morgan fingerprint density at radius 2 is 1.78 bits per heavy atom. The maximum Gasteiger partial charge on any atom is 0.313 e. The first-order valence-corrected chi connectivity index (χ1v) is 8.54. The summed E-state index contributed by atoms with van der Waals surface area (Å²) in [6, 6.07) is 7.70. The molecular formula is C18H27N3O2. The van der Waals surface area contributed by atoms with Crippen molar-refractivity contribution in [3.63, 3.8) is 0 Å². The Hall–Kier alpha value is -2.04. The molecule has 2 N–H and O–H groups in total. The number of nitrogens with zero attached hydrogens (tertiary/aromatic N) is 1. The largest absolute Gasteiger partial charge is 0.372 e. The van der Waals surface area contributed by atoms with Gasteiger partial charge in [-0.25, -0.2) is 0 Å². The first kappa shape index (κ1) is 17.3. The van der Waals surface area contributed by atoms with Crippen molar-refractivity contribution in [3.05, 3.63) is 24.3 Å². The summed E-state index contributed by atoms with van der Waals surface area (Å²) in [6.07, 6.45) is 4.30. The van der Waals surface area contributed by atoms with Crippen molar-refractivity contribution >= 4 is 23.2 Å². The second kappa shape index (κ2) is 8.56. The lowest BCUT2D eigenvalue weighted by molar-refractivity contribution is -0.136. The molecule has 0 unspecified atom stereocenters. The second-order valence-electron chi connectivity index (χ2n) is 6.28. The Bertz CT molecular complexity index is 520. The molecule has 5 nitrogen and oxygen atoms in total. The number of nitrogens with one attached hydrogen (secondary N) is 2. The zero-order valence-electron chi connectivity index (χ0n) is 14.1. The summed E-state index contributed by atoms with van der Waals surface area (Å²) in [5.74, 6) is -0.385. The van der Waals surface area contributed by atoms with Crippen molar-refractivity contribution in [1.29, 1.82) is 0 Å². The monoisotopic (exact) mass is 317 g/mol. The summed E-state index contributed by atoms with van der Waals surface area (Å²) in [7, 11) is 0. The minimum atomic E-state index is -0.611. The molecule has 2 amide bonds. The van der Waals surface area contributed by atoms with Crippen LogP contribution in [0.4, 0.5) is 11.4 Å². The summed E-state index contributed by atoms with van der Waals surface area (Å²) < 4.78 is 0. The van der Waals surface area contributed by atoms with E-state index in [1.807, 2.05) is 31.2 Å². The molecular weight excluding hydrogens is 290 g/mol. The summed E-state index contributed by atoms with van der Waals surface area (Å²) in [6.45, 7) is 7.02. The Morgan fingerprint density at radius 3 is 2.39 bits per heavy atom. The van der Waals surface area contributed by atoms with Crippen LogP contribution in [0.5, 0.6) is 0 Å². The molecule has 5 heteroatoms. The summed E-state index contributed by atoms with van der Waals surface area (Å²) in [5, 5.41) is 5.25. The van der Waals surface area contributed by atoms with Crippen molar-refractivity contribution < 1.29 is 9.59 Å². The highest BCUT2D eigenvalue weighted by Gasteiger charge is 2.16. The first-order valence-electron chi connectivity index (χ1n) is 8.54. The number of amides is 2. The molecule has 1 fully saturated rings. The predicted octanol–water partition coefficient (Wildman–Crippen LogP) is 2.78. The highest BCUT2D eigenvalue weighted by Crippen LogP contribution is 2.24. The van der Waals surface area contributed by atoms with Crippen LogP contribution in [0, 0.1) is 5.92 Å². The number of carbonyl (C=O) groups is 2. The van der Waals surface area contributed by atoms with Crippen LogP contribution in [-0.2, 0) is 9.59 Å². The van der Waals surface area contributed by atoms with Crippen molar-refractivity contribution in [3.8, 4) is 0 Å². The van der Waals surface area contributed by atoms with Gasteiger partial charge in [0.2, 0.25) is 0 Å². The maximum absolute atomic E-state index is 11.8. The van der Waals surface area contributed by atoms with E-state index < -0.39 is 11.8 Å². The van der Waals surface area contributed by atoms with Gasteiger partial charge in [-0.1, -0.05) is 20.3 Å². The average molecular weight is 317 g/mol. The van der Waals surface area contributed by atoms with Gasteiger partial charge in [-0.15, -0.1) is 0 Å². The number of hydrogen-bond donors (Lipinski definition) is 2. The quantitative estimate of drug-likeness (QED) is 0.648. The molecule has 0 atom stereocenters. The fourth-order valence-electron chi connectivity index (χ4n) is 2.67. The Labute approximate surface area is 138 Å². The smallest absolute Gasteiger partial charge is 0.313 e. The van der Waals surface area contributed by atoms with Gasteiger partial charge in [0.25, 0.3) is 0 Å². The fraction of sp³-hybridized carbons (Fsp3) is 0.556. The molecule has 1 heterocycles. The van der Waals surface area contributed by atoms with E-state index in [0.717, 1.165) is 31.8 Å². The lowest BCUT2D eigenvalue weighted by Gasteiger charge is -2.32. The predicted molar refractivity (Wildman–Crippen MR) is 93.6 cm³/mol. The maximum atomic E-state index is 11.8. The molecule has 23 heavy (non-hydrogen) atoms. The van der Waals surface area contributed by atoms with Gasteiger partial charge in [0.1, 0.15) is 0 Å². The van der Waals surface area contributed by atoms with E-state index in [2.05, 4.69) is 22.5 Å². The van der Waals surface area contributed by atoms with E-state index in [0.29, 0.717) is 12.2 Å². The third-order valence-electron chi connectivity index (χ3n) is 4.30. The van der Waals surface area contributed by atoms with Crippen molar-refractivity contribution in [2.75, 3.05) is 29.9 Å². The van der Waals surface area contributed by atoms with Crippen LogP contribution in [-0.4, -0.2) is 31.4 Å². The van der Waals surface area contributed by atoms with Gasteiger partial charge in [0.15, 0.2) is 0 Å². The summed E-state index contributed by atoms with van der Waals surface area (Å²) in [5.41, 5.74) is 1.82. The lowest BCUT2D eigenvalue weighted by Crippen LogP contribution is -2.35. The molecule has 1 saturated heterocycles. The molecule has 126 valence electrons. The number of hydrogen-bond acceptors (Lipinski definition) is 3. The molecule has 0 spiro atoms. The van der Waals surface area contributed by atoms with Crippen LogP contribution in [0.3, 0.4) is 0 Å². The lowest BCUT2D eigenvalue weighted by atomic mass is 9.99. The molecule has 0 aliphatic carbocycles. The number of piperidine rings is 1. The van der Waals surface area contributed by atoms with Gasteiger partial charge in [0, 0.05) is 31.0 Å². The first-order chi connectivity index (χ1) is 11.1. The standard InChI is InChI=1S/C18H27N3O2/c1-3-4-11-19-17(22)18(23)20-15-5-7-16(8-6-15)21-12-9-14(2)10-13-21/h5-8,14H,3-4,9-13H2,1-2H3,(H,19,22)(H,20,23). The third kappa shape index (κ3) is 5.27. The Balaban J connectivity index is 1.84. The molecule has 0 aromatic heterocycles. The van der Waals surface area contributed by atoms with E-state index >= 15 is 0 Å². The van der Waals surface area contributed by atoms with Gasteiger partial charge in [-0.2, -0.15) is 0 Å². The highest BCUT2D eigenvalue weighted by atomic mass is 16.2. The molecule has 0 saturated carbocycles. The van der Waals surface area contributed by atoms with E-state index in [9.17, 15) is 9.59 Å². The van der Waals surface area contributed by atoms with Crippen molar-refractivity contribution in [2.45, 2.75) is 39.5 Å². The molecule has 2 rings (SSSR count). The molecule has 1 aliphatic heterocycles. The number of unbranched alkanes of at least 4 members (excludes halogenated alkanes) is 1. The number of carbonyl (C=O) groups excluding carboxylic acids is 2. The zero-order valence-corrected chi connectivity index (χ0v) is 14.1. The van der Waals surface area contributed by atoms with Crippen LogP contribution in [0.15, 0.2) is 24.3 Å². The molecule has 1 aromatic carbocycles. The van der Waals surface area contributed by atoms with Crippen LogP contribution in [0.1, 0.15) is 39.5 Å². The zero-order chi connectivity index (χ0) is 16.7. The minimum Gasteiger partial charge on any atom is -0.372 e. The van der Waals surface area contributed by atoms with Gasteiger partial charge < -0.3 is 15.5 Å². The Kier molecular flexibility index (Phi) is 6.44. The average Bonchev–Trinajstić information content (AvgIpc) is 2.56. The SMILES string of the molecule is CCCCNC(=O)C(=O)Nc1ccc(N2CCC(C)CC2)cc1. The fourth-order valence-corrected chi connectivity index (χ4v) is 2.67. The summed E-state index contributed by atoms with van der Waals surface area (Å²) in [4.78, 5) is 25.8. The Morgan fingerprint density at radius 1 is 1.13 bits per heavy atom. The molecule has 1 aromatic rings. The van der Waals surface area contributed by atoms with E-state index in [4.69, 9.17) is 0 Å². The normalized spacial score (nSPS) is 15.3. The third-order valence-corrected chi connectivity index (χ3v) is 4.30. The van der Waals surface area contributed by atoms with Crippen LogP contribution >= 0.6 is 0 Å². The van der Waals surface area contributed by atoms with Crippen molar-refractivity contribution in [1.82, 2.24) is 5.32 Å². The van der Waals surface area contributed by atoms with E-state index in [-0.39, 0.29) is 0 Å². The number of rotatable bonds is 5. The number of anilines is 2. The number of benzene rings is 1. The van der Waals surface area contributed by atoms with Gasteiger partial charge >= 0.3 is 11.8 Å². The van der Waals surface area contributed by atoms with Crippen LogP contribution in [0.2, 0.25) is 0 Å². The van der Waals surface area contributed by atoms with Gasteiger partial charge in [0.05, 0.1) is 0 Å². The van der Waals surface area contributed by atoms with Gasteiger partial charge in [-0.05, 0) is 49.4 Å². The van der Waals surface area contributed by atoms with Crippen molar-refractivity contribution in [2.24, 2.45) is 5.92 Å². The summed E-state index contributed by atoms with van der Waals surface area (Å²) >= 11 is 0. The second-order valence-corrected chi connectivity index (χ2v) is 6.28.